The first-order valence-corrected chi connectivity index (χ1v) is 10.6. The molecule has 0 atom stereocenters. The minimum absolute atomic E-state index is 0.00802. The van der Waals surface area contributed by atoms with Gasteiger partial charge in [0.1, 0.15) is 22.5 Å². The van der Waals surface area contributed by atoms with Gasteiger partial charge in [-0.25, -0.2) is 13.8 Å². The number of carbonyl (C=O) groups is 1. The van der Waals surface area contributed by atoms with E-state index in [4.69, 9.17) is 4.98 Å². The SMILES string of the molecule is CC(C)c1nc(CCCO)n(CC(=O)c2ccccc2)c1Sc1cc(F)cc(F)c1. The van der Waals surface area contributed by atoms with Gasteiger partial charge in [0, 0.05) is 29.6 Å². The molecule has 0 saturated heterocycles. The van der Waals surface area contributed by atoms with E-state index < -0.39 is 11.6 Å². The molecule has 0 spiro atoms. The fraction of sp³-hybridized carbons (Fsp3) is 0.304. The third-order valence-corrected chi connectivity index (χ3v) is 5.67. The predicted octanol–water partition coefficient (Wildman–Crippen LogP) is 5.24. The number of hydrogen-bond donors (Lipinski definition) is 1. The Hall–Kier alpha value is -2.51. The number of rotatable bonds is 9. The summed E-state index contributed by atoms with van der Waals surface area (Å²) in [7, 11) is 0. The molecule has 0 amide bonds. The largest absolute Gasteiger partial charge is 0.396 e. The first-order chi connectivity index (χ1) is 14.4. The predicted molar refractivity (Wildman–Crippen MR) is 113 cm³/mol. The molecule has 0 bridgehead atoms. The molecular weight excluding hydrogens is 406 g/mol. The van der Waals surface area contributed by atoms with Crippen LogP contribution in [0.3, 0.4) is 0 Å². The van der Waals surface area contributed by atoms with Gasteiger partial charge in [-0.2, -0.15) is 0 Å². The molecule has 3 rings (SSSR count). The number of aromatic nitrogens is 2. The molecule has 1 heterocycles. The summed E-state index contributed by atoms with van der Waals surface area (Å²) in [6.45, 7) is 4.04. The lowest BCUT2D eigenvalue weighted by Gasteiger charge is -2.13. The zero-order valence-electron chi connectivity index (χ0n) is 16.9. The quantitative estimate of drug-likeness (QED) is 0.472. The van der Waals surface area contributed by atoms with E-state index in [1.807, 2.05) is 24.5 Å². The van der Waals surface area contributed by atoms with E-state index in [1.165, 1.54) is 23.9 Å². The van der Waals surface area contributed by atoms with Crippen molar-refractivity contribution in [2.24, 2.45) is 0 Å². The van der Waals surface area contributed by atoms with Gasteiger partial charge in [0.05, 0.1) is 12.2 Å². The van der Waals surface area contributed by atoms with E-state index in [9.17, 15) is 18.7 Å². The van der Waals surface area contributed by atoms with Gasteiger partial charge < -0.3 is 9.67 Å². The van der Waals surface area contributed by atoms with Gasteiger partial charge >= 0.3 is 0 Å². The molecular formula is C23H24F2N2O2S. The van der Waals surface area contributed by atoms with Gasteiger partial charge in [-0.1, -0.05) is 55.9 Å². The lowest BCUT2D eigenvalue weighted by molar-refractivity contribution is 0.0968. The molecule has 158 valence electrons. The summed E-state index contributed by atoms with van der Waals surface area (Å²) in [5, 5.41) is 9.95. The average Bonchev–Trinajstić information content (AvgIpc) is 3.03. The van der Waals surface area contributed by atoms with Gasteiger partial charge in [-0.05, 0) is 24.5 Å². The zero-order valence-corrected chi connectivity index (χ0v) is 17.8. The van der Waals surface area contributed by atoms with Gasteiger partial charge in [0.25, 0.3) is 0 Å². The Morgan fingerprint density at radius 2 is 1.80 bits per heavy atom. The second-order valence-electron chi connectivity index (χ2n) is 7.28. The number of benzene rings is 2. The van der Waals surface area contributed by atoms with Crippen LogP contribution in [0.25, 0.3) is 0 Å². The average molecular weight is 431 g/mol. The molecule has 0 unspecified atom stereocenters. The minimum atomic E-state index is -0.657. The van der Waals surface area contributed by atoms with Crippen molar-refractivity contribution in [2.45, 2.75) is 49.1 Å². The lowest BCUT2D eigenvalue weighted by atomic mass is 10.1. The molecule has 1 aromatic heterocycles. The molecule has 0 aliphatic heterocycles. The van der Waals surface area contributed by atoms with Gasteiger partial charge in [-0.3, -0.25) is 4.79 Å². The van der Waals surface area contributed by atoms with E-state index in [-0.39, 0.29) is 24.9 Å². The summed E-state index contributed by atoms with van der Waals surface area (Å²) in [5.74, 6) is -0.671. The van der Waals surface area contributed by atoms with Crippen LogP contribution >= 0.6 is 11.8 Å². The maximum Gasteiger partial charge on any atom is 0.182 e. The monoisotopic (exact) mass is 430 g/mol. The van der Waals surface area contributed by atoms with Crippen LogP contribution in [0.2, 0.25) is 0 Å². The molecule has 7 heteroatoms. The van der Waals surface area contributed by atoms with Gasteiger partial charge in [0.15, 0.2) is 5.78 Å². The Morgan fingerprint density at radius 1 is 1.13 bits per heavy atom. The second-order valence-corrected chi connectivity index (χ2v) is 8.35. The fourth-order valence-electron chi connectivity index (χ4n) is 3.14. The highest BCUT2D eigenvalue weighted by atomic mass is 32.2. The number of aryl methyl sites for hydroxylation is 1. The summed E-state index contributed by atoms with van der Waals surface area (Å²) in [6, 6.07) is 12.3. The number of Topliss-reactive ketones (excluding diaryl/α,β-unsaturated/α-hetero) is 1. The van der Waals surface area contributed by atoms with E-state index in [0.29, 0.717) is 34.2 Å². The number of halogens is 2. The maximum atomic E-state index is 13.7. The highest BCUT2D eigenvalue weighted by molar-refractivity contribution is 7.99. The molecule has 3 aromatic rings. The third-order valence-electron chi connectivity index (χ3n) is 4.58. The molecule has 0 aliphatic rings. The molecule has 30 heavy (non-hydrogen) atoms. The highest BCUT2D eigenvalue weighted by Gasteiger charge is 2.22. The summed E-state index contributed by atoms with van der Waals surface area (Å²) in [6.07, 6.45) is 1.00. The van der Waals surface area contributed by atoms with Crippen molar-refractivity contribution >= 4 is 17.5 Å². The summed E-state index contributed by atoms with van der Waals surface area (Å²) < 4.78 is 29.3. The van der Waals surface area contributed by atoms with Crippen molar-refractivity contribution in [3.05, 3.63) is 77.2 Å². The van der Waals surface area contributed by atoms with Crippen LogP contribution in [0, 0.1) is 11.6 Å². The van der Waals surface area contributed by atoms with Crippen LogP contribution in [0.1, 0.15) is 48.1 Å². The number of aliphatic hydroxyl groups is 1. The first-order valence-electron chi connectivity index (χ1n) is 9.81. The maximum absolute atomic E-state index is 13.7. The molecule has 0 saturated carbocycles. The van der Waals surface area contributed by atoms with Crippen LogP contribution in [-0.4, -0.2) is 27.0 Å². The Bertz CT molecular complexity index is 999. The first kappa shape index (κ1) is 22.2. The number of aliphatic hydroxyl groups excluding tert-OH is 1. The number of ketones is 1. The smallest absolute Gasteiger partial charge is 0.182 e. The van der Waals surface area contributed by atoms with Crippen molar-refractivity contribution in [2.75, 3.05) is 6.61 Å². The van der Waals surface area contributed by atoms with E-state index >= 15 is 0 Å². The fourth-order valence-corrected chi connectivity index (χ4v) is 4.37. The summed E-state index contributed by atoms with van der Waals surface area (Å²) in [4.78, 5) is 18.0. The summed E-state index contributed by atoms with van der Waals surface area (Å²) in [5.41, 5.74) is 1.34. The second kappa shape index (κ2) is 10.00. The van der Waals surface area contributed by atoms with Crippen LogP contribution in [-0.2, 0) is 13.0 Å². The highest BCUT2D eigenvalue weighted by Crippen LogP contribution is 2.36. The Morgan fingerprint density at radius 3 is 2.40 bits per heavy atom. The van der Waals surface area contributed by atoms with Crippen LogP contribution in [0.5, 0.6) is 0 Å². The topological polar surface area (TPSA) is 55.1 Å². The Balaban J connectivity index is 2.05. The van der Waals surface area contributed by atoms with E-state index in [0.717, 1.165) is 11.8 Å². The number of carbonyl (C=O) groups excluding carboxylic acids is 1. The molecule has 1 N–H and O–H groups in total. The lowest BCUT2D eigenvalue weighted by Crippen LogP contribution is -2.14. The number of nitrogens with zero attached hydrogens (tertiary/aromatic N) is 2. The van der Waals surface area contributed by atoms with Crippen LogP contribution in [0.15, 0.2) is 58.5 Å². The standard InChI is InChI=1S/C23H24F2N2O2S/c1-15(2)22-23(30-19-12-17(24)11-18(25)13-19)27(21(26-22)9-6-10-28)14-20(29)16-7-4-3-5-8-16/h3-5,7-8,11-13,15,28H,6,9-10,14H2,1-2H3. The van der Waals surface area contributed by atoms with E-state index in [2.05, 4.69) is 0 Å². The van der Waals surface area contributed by atoms with Crippen LogP contribution < -0.4 is 0 Å². The molecule has 0 fully saturated rings. The van der Waals surface area contributed by atoms with Gasteiger partial charge in [-0.15, -0.1) is 0 Å². The third kappa shape index (κ3) is 5.34. The van der Waals surface area contributed by atoms with Crippen molar-refractivity contribution in [1.29, 1.82) is 0 Å². The van der Waals surface area contributed by atoms with E-state index in [1.54, 1.807) is 24.3 Å². The summed E-state index contributed by atoms with van der Waals surface area (Å²) >= 11 is 1.19. The zero-order chi connectivity index (χ0) is 21.7. The molecule has 0 aliphatic carbocycles. The van der Waals surface area contributed by atoms with Crippen molar-refractivity contribution in [3.63, 3.8) is 0 Å². The Labute approximate surface area is 179 Å². The number of imidazole rings is 1. The van der Waals surface area contributed by atoms with Crippen molar-refractivity contribution in [1.82, 2.24) is 9.55 Å². The van der Waals surface area contributed by atoms with Gasteiger partial charge in [0.2, 0.25) is 0 Å². The molecule has 0 radical (unpaired) electrons. The normalized spacial score (nSPS) is 11.3. The van der Waals surface area contributed by atoms with Crippen molar-refractivity contribution in [3.8, 4) is 0 Å². The Kier molecular flexibility index (Phi) is 7.39. The van der Waals surface area contributed by atoms with Crippen LogP contribution in [0.4, 0.5) is 8.78 Å². The molecule has 4 nitrogen and oxygen atoms in total. The minimum Gasteiger partial charge on any atom is -0.396 e. The molecule has 2 aromatic carbocycles. The number of hydrogen-bond acceptors (Lipinski definition) is 4. The van der Waals surface area contributed by atoms with Crippen molar-refractivity contribution < 1.29 is 18.7 Å².